The Balaban J connectivity index is 2.12. The van der Waals surface area contributed by atoms with Crippen molar-refractivity contribution in [1.29, 1.82) is 0 Å². The van der Waals surface area contributed by atoms with Crippen LogP contribution in [0.5, 0.6) is 0 Å². The Morgan fingerprint density at radius 3 is 2.75 bits per heavy atom. The highest BCUT2D eigenvalue weighted by atomic mass is 15.3. The lowest BCUT2D eigenvalue weighted by Crippen LogP contribution is -2.37. The van der Waals surface area contributed by atoms with E-state index < -0.39 is 0 Å². The third-order valence-corrected chi connectivity index (χ3v) is 3.74. The minimum absolute atomic E-state index is 0.822. The maximum Gasteiger partial charge on any atom is 0.0249 e. The molecule has 0 amide bonds. The summed E-state index contributed by atoms with van der Waals surface area (Å²) in [7, 11) is 4.55. The summed E-state index contributed by atoms with van der Waals surface area (Å²) in [6, 6.07) is 1.69. The lowest BCUT2D eigenvalue weighted by molar-refractivity contribution is 0.214. The van der Waals surface area contributed by atoms with Gasteiger partial charge in [-0.2, -0.15) is 0 Å². The summed E-state index contributed by atoms with van der Waals surface area (Å²) < 4.78 is 0. The normalized spacial score (nSPS) is 44.8. The van der Waals surface area contributed by atoms with Crippen molar-refractivity contribution >= 4 is 0 Å². The average molecular weight is 168 g/mol. The minimum Gasteiger partial charge on any atom is -0.305 e. The monoisotopic (exact) mass is 168 g/mol. The summed E-state index contributed by atoms with van der Waals surface area (Å²) in [5.74, 6) is 0.905. The summed E-state index contributed by atoms with van der Waals surface area (Å²) in [4.78, 5) is 5.09. The third-order valence-electron chi connectivity index (χ3n) is 3.74. The van der Waals surface area contributed by atoms with Gasteiger partial charge in [0.05, 0.1) is 0 Å². The van der Waals surface area contributed by atoms with Gasteiger partial charge in [-0.1, -0.05) is 6.92 Å². The van der Waals surface area contributed by atoms with Crippen molar-refractivity contribution in [2.45, 2.75) is 31.8 Å². The van der Waals surface area contributed by atoms with Crippen LogP contribution in [0.2, 0.25) is 0 Å². The summed E-state index contributed by atoms with van der Waals surface area (Å²) >= 11 is 0. The van der Waals surface area contributed by atoms with Crippen LogP contribution in [0.4, 0.5) is 0 Å². The van der Waals surface area contributed by atoms with E-state index in [1.165, 1.54) is 25.9 Å². The maximum atomic E-state index is 2.61. The van der Waals surface area contributed by atoms with Crippen LogP contribution in [0.1, 0.15) is 19.8 Å². The third kappa shape index (κ3) is 1.27. The maximum absolute atomic E-state index is 2.61. The summed E-state index contributed by atoms with van der Waals surface area (Å²) in [5.41, 5.74) is 0. The molecule has 2 bridgehead atoms. The number of likely N-dealkylation sites (N-methyl/N-ethyl adjacent to an activating group) is 2. The molecule has 0 aromatic rings. The lowest BCUT2D eigenvalue weighted by Gasteiger charge is -2.25. The number of hydrogen-bond donors (Lipinski definition) is 0. The predicted octanol–water partition coefficient (Wildman–Crippen LogP) is 1.03. The molecule has 12 heavy (non-hydrogen) atoms. The van der Waals surface area contributed by atoms with Gasteiger partial charge in [0.25, 0.3) is 0 Å². The van der Waals surface area contributed by atoms with Crippen LogP contribution in [-0.2, 0) is 0 Å². The minimum atomic E-state index is 0.822. The lowest BCUT2D eigenvalue weighted by atomic mass is 9.98. The van der Waals surface area contributed by atoms with E-state index >= 15 is 0 Å². The van der Waals surface area contributed by atoms with E-state index in [4.69, 9.17) is 0 Å². The fourth-order valence-corrected chi connectivity index (χ4v) is 2.83. The number of fused-ring (bicyclic) bond motifs is 2. The zero-order valence-corrected chi connectivity index (χ0v) is 8.45. The van der Waals surface area contributed by atoms with E-state index in [2.05, 4.69) is 30.8 Å². The van der Waals surface area contributed by atoms with Crippen molar-refractivity contribution < 1.29 is 0 Å². The van der Waals surface area contributed by atoms with Gasteiger partial charge >= 0.3 is 0 Å². The second kappa shape index (κ2) is 3.00. The van der Waals surface area contributed by atoms with Crippen LogP contribution in [0.25, 0.3) is 0 Å². The molecule has 2 heterocycles. The van der Waals surface area contributed by atoms with Gasteiger partial charge in [0.15, 0.2) is 0 Å². The zero-order valence-electron chi connectivity index (χ0n) is 8.45. The molecule has 0 N–H and O–H groups in total. The second-order valence-electron chi connectivity index (χ2n) is 4.65. The molecule has 3 atom stereocenters. The van der Waals surface area contributed by atoms with Crippen LogP contribution in [0.3, 0.4) is 0 Å². The van der Waals surface area contributed by atoms with E-state index in [1.54, 1.807) is 0 Å². The molecule has 0 saturated carbocycles. The molecule has 2 heteroatoms. The van der Waals surface area contributed by atoms with Crippen molar-refractivity contribution in [3.8, 4) is 0 Å². The Bertz CT molecular complexity index is 169. The average Bonchev–Trinajstić information content (AvgIpc) is 2.17. The molecule has 0 aliphatic carbocycles. The Hall–Kier alpha value is -0.0800. The Kier molecular flexibility index (Phi) is 2.13. The molecule has 0 aromatic carbocycles. The van der Waals surface area contributed by atoms with Crippen LogP contribution >= 0.6 is 0 Å². The standard InChI is InChI=1S/C10H20N2/c1-8-6-9-4-5-11(2)7-10(8)12(9)3/h8-10H,4-7H2,1-3H3. The van der Waals surface area contributed by atoms with Crippen LogP contribution in [-0.4, -0.2) is 49.1 Å². The first-order valence-electron chi connectivity index (χ1n) is 5.09. The molecule has 0 radical (unpaired) electrons. The number of hydrogen-bond acceptors (Lipinski definition) is 2. The van der Waals surface area contributed by atoms with Gasteiger partial charge in [-0.05, 0) is 39.4 Å². The summed E-state index contributed by atoms with van der Waals surface area (Å²) in [6.45, 7) is 4.96. The van der Waals surface area contributed by atoms with Gasteiger partial charge in [-0.15, -0.1) is 0 Å². The molecule has 0 spiro atoms. The van der Waals surface area contributed by atoms with Crippen LogP contribution in [0.15, 0.2) is 0 Å². The van der Waals surface area contributed by atoms with Crippen molar-refractivity contribution in [1.82, 2.24) is 9.80 Å². The highest BCUT2D eigenvalue weighted by Crippen LogP contribution is 2.32. The van der Waals surface area contributed by atoms with E-state index in [1.807, 2.05) is 0 Å². The zero-order chi connectivity index (χ0) is 8.72. The van der Waals surface area contributed by atoms with E-state index in [0.29, 0.717) is 0 Å². The largest absolute Gasteiger partial charge is 0.305 e. The van der Waals surface area contributed by atoms with Crippen molar-refractivity contribution in [3.05, 3.63) is 0 Å². The van der Waals surface area contributed by atoms with E-state index in [-0.39, 0.29) is 0 Å². The van der Waals surface area contributed by atoms with Gasteiger partial charge in [-0.25, -0.2) is 0 Å². The molecule has 2 nitrogen and oxygen atoms in total. The molecule has 0 aromatic heterocycles. The van der Waals surface area contributed by atoms with E-state index in [9.17, 15) is 0 Å². The van der Waals surface area contributed by atoms with Gasteiger partial charge in [0.1, 0.15) is 0 Å². The first kappa shape index (κ1) is 8.52. The Labute approximate surface area is 75.5 Å². The van der Waals surface area contributed by atoms with Gasteiger partial charge in [0, 0.05) is 18.6 Å². The number of nitrogens with zero attached hydrogens (tertiary/aromatic N) is 2. The molecule has 70 valence electrons. The van der Waals surface area contributed by atoms with Gasteiger partial charge < -0.3 is 4.90 Å². The molecular weight excluding hydrogens is 148 g/mol. The fourth-order valence-electron chi connectivity index (χ4n) is 2.83. The second-order valence-corrected chi connectivity index (χ2v) is 4.65. The Morgan fingerprint density at radius 1 is 1.25 bits per heavy atom. The van der Waals surface area contributed by atoms with Crippen LogP contribution < -0.4 is 0 Å². The van der Waals surface area contributed by atoms with Crippen molar-refractivity contribution in [2.75, 3.05) is 27.2 Å². The SMILES string of the molecule is CC1CC2CCN(C)CC1N2C. The van der Waals surface area contributed by atoms with Gasteiger partial charge in [-0.3, -0.25) is 4.90 Å². The number of likely N-dealkylation sites (tertiary alicyclic amines) is 1. The van der Waals surface area contributed by atoms with E-state index in [0.717, 1.165) is 18.0 Å². The molecule has 2 saturated heterocycles. The fraction of sp³-hybridized carbons (Fsp3) is 1.00. The number of rotatable bonds is 0. The topological polar surface area (TPSA) is 6.48 Å². The van der Waals surface area contributed by atoms with Crippen molar-refractivity contribution in [2.24, 2.45) is 5.92 Å². The highest BCUT2D eigenvalue weighted by molar-refractivity contribution is 4.94. The molecule has 2 rings (SSSR count). The molecule has 2 aliphatic heterocycles. The highest BCUT2D eigenvalue weighted by Gasteiger charge is 2.38. The molecule has 3 unspecified atom stereocenters. The smallest absolute Gasteiger partial charge is 0.0249 e. The summed E-state index contributed by atoms with van der Waals surface area (Å²) in [5, 5.41) is 0. The van der Waals surface area contributed by atoms with Crippen LogP contribution in [0, 0.1) is 5.92 Å². The first-order chi connectivity index (χ1) is 5.68. The summed E-state index contributed by atoms with van der Waals surface area (Å²) in [6.07, 6.45) is 2.79. The van der Waals surface area contributed by atoms with Crippen molar-refractivity contribution in [3.63, 3.8) is 0 Å². The predicted molar refractivity (Wildman–Crippen MR) is 51.2 cm³/mol. The molecule has 2 aliphatic rings. The Morgan fingerprint density at radius 2 is 2.00 bits per heavy atom. The molecular formula is C10H20N2. The molecule has 2 fully saturated rings. The first-order valence-corrected chi connectivity index (χ1v) is 5.09. The van der Waals surface area contributed by atoms with Gasteiger partial charge in [0.2, 0.25) is 0 Å². The quantitative estimate of drug-likeness (QED) is 0.533.